The lowest BCUT2D eigenvalue weighted by Gasteiger charge is -2.18. The van der Waals surface area contributed by atoms with Gasteiger partial charge in [-0.15, -0.1) is 0 Å². The van der Waals surface area contributed by atoms with Gasteiger partial charge < -0.3 is 15.4 Å². The van der Waals surface area contributed by atoms with Crippen molar-refractivity contribution in [1.29, 1.82) is 0 Å². The molecular formula is C24H29N3O3S. The van der Waals surface area contributed by atoms with Gasteiger partial charge in [-0.05, 0) is 48.4 Å². The molecule has 0 spiro atoms. The van der Waals surface area contributed by atoms with Crippen molar-refractivity contribution in [3.8, 4) is 11.5 Å². The van der Waals surface area contributed by atoms with E-state index in [1.54, 1.807) is 18.2 Å². The summed E-state index contributed by atoms with van der Waals surface area (Å²) in [5.74, 6) is 0.728. The van der Waals surface area contributed by atoms with E-state index in [9.17, 15) is 8.42 Å². The minimum absolute atomic E-state index is 0.0401. The van der Waals surface area contributed by atoms with Crippen molar-refractivity contribution in [2.75, 3.05) is 11.9 Å². The highest BCUT2D eigenvalue weighted by Gasteiger charge is 2.21. The summed E-state index contributed by atoms with van der Waals surface area (Å²) in [6.07, 6.45) is 2.14. The van der Waals surface area contributed by atoms with Gasteiger partial charge in [0, 0.05) is 13.1 Å². The molecule has 0 aliphatic heterocycles. The zero-order valence-corrected chi connectivity index (χ0v) is 18.5. The van der Waals surface area contributed by atoms with E-state index in [1.807, 2.05) is 54.6 Å². The number of anilines is 1. The van der Waals surface area contributed by atoms with Crippen LogP contribution < -0.4 is 20.5 Å². The first kappa shape index (κ1) is 22.8. The van der Waals surface area contributed by atoms with Gasteiger partial charge in [-0.25, -0.2) is 13.6 Å². The summed E-state index contributed by atoms with van der Waals surface area (Å²) in [5.41, 5.74) is 2.46. The summed E-state index contributed by atoms with van der Waals surface area (Å²) in [6.45, 7) is 4.04. The molecule has 0 aliphatic rings. The maximum absolute atomic E-state index is 12.4. The lowest BCUT2D eigenvalue weighted by molar-refractivity contribution is 0.468. The van der Waals surface area contributed by atoms with Crippen molar-refractivity contribution in [1.82, 2.24) is 5.32 Å². The van der Waals surface area contributed by atoms with Gasteiger partial charge in [0.05, 0.1) is 5.69 Å². The van der Waals surface area contributed by atoms with Gasteiger partial charge in [-0.2, -0.15) is 0 Å². The molecular weight excluding hydrogens is 410 g/mol. The van der Waals surface area contributed by atoms with Crippen LogP contribution in [0.3, 0.4) is 0 Å². The normalized spacial score (nSPS) is 11.3. The Kier molecular flexibility index (Phi) is 8.06. The second-order valence-electron chi connectivity index (χ2n) is 7.30. The standard InChI is InChI=1S/C24H29N3O3S/c1-2-3-14-26-17-20-15-22(27-18-19-10-6-4-7-11-19)24(23(16-20)31(25,28)29)30-21-12-8-5-9-13-21/h4-13,15-16,26-27H,2-3,14,17-18H2,1H3,(H2,25,28,29). The van der Waals surface area contributed by atoms with Crippen LogP contribution in [0, 0.1) is 0 Å². The molecule has 0 atom stereocenters. The molecule has 31 heavy (non-hydrogen) atoms. The zero-order chi connectivity index (χ0) is 22.1. The smallest absolute Gasteiger partial charge is 0.241 e. The summed E-state index contributed by atoms with van der Waals surface area (Å²) < 4.78 is 30.9. The number of rotatable bonds is 11. The Balaban J connectivity index is 1.98. The predicted octanol–water partition coefficient (Wildman–Crippen LogP) is 4.63. The largest absolute Gasteiger partial charge is 0.454 e. The first-order chi connectivity index (χ1) is 15.0. The number of para-hydroxylation sites is 1. The number of nitrogens with one attached hydrogen (secondary N) is 2. The van der Waals surface area contributed by atoms with E-state index in [2.05, 4.69) is 17.6 Å². The fraction of sp³-hybridized carbons (Fsp3) is 0.250. The van der Waals surface area contributed by atoms with Crippen molar-refractivity contribution in [3.63, 3.8) is 0 Å². The Morgan fingerprint density at radius 2 is 1.58 bits per heavy atom. The van der Waals surface area contributed by atoms with Crippen LogP contribution in [-0.2, 0) is 23.1 Å². The Morgan fingerprint density at radius 3 is 2.23 bits per heavy atom. The number of hydrogen-bond acceptors (Lipinski definition) is 5. The third kappa shape index (κ3) is 6.82. The number of primary sulfonamides is 1. The predicted molar refractivity (Wildman–Crippen MR) is 125 cm³/mol. The van der Waals surface area contributed by atoms with Crippen LogP contribution in [0.5, 0.6) is 11.5 Å². The molecule has 0 fully saturated rings. The Labute approximate surface area is 184 Å². The van der Waals surface area contributed by atoms with Gasteiger partial charge in [0.1, 0.15) is 10.6 Å². The molecule has 3 rings (SSSR count). The highest BCUT2D eigenvalue weighted by atomic mass is 32.2. The van der Waals surface area contributed by atoms with Crippen LogP contribution in [0.15, 0.2) is 77.7 Å². The summed E-state index contributed by atoms with van der Waals surface area (Å²) >= 11 is 0. The maximum atomic E-state index is 12.4. The van der Waals surface area contributed by atoms with Crippen molar-refractivity contribution >= 4 is 15.7 Å². The zero-order valence-electron chi connectivity index (χ0n) is 17.7. The van der Waals surface area contributed by atoms with Gasteiger partial charge >= 0.3 is 0 Å². The Bertz CT molecular complexity index is 1070. The molecule has 0 heterocycles. The highest BCUT2D eigenvalue weighted by Crippen LogP contribution is 2.37. The first-order valence-electron chi connectivity index (χ1n) is 10.4. The van der Waals surface area contributed by atoms with Gasteiger partial charge in [0.2, 0.25) is 10.0 Å². The van der Waals surface area contributed by atoms with Crippen molar-refractivity contribution in [3.05, 3.63) is 83.9 Å². The Hall–Kier alpha value is -2.87. The molecule has 0 saturated heterocycles. The summed E-state index contributed by atoms with van der Waals surface area (Å²) in [6, 6.07) is 22.4. The molecule has 0 aliphatic carbocycles. The lowest BCUT2D eigenvalue weighted by atomic mass is 10.1. The minimum Gasteiger partial charge on any atom is -0.454 e. The molecule has 4 N–H and O–H groups in total. The summed E-state index contributed by atoms with van der Waals surface area (Å²) in [4.78, 5) is -0.0401. The van der Waals surface area contributed by atoms with Crippen molar-refractivity contribution < 1.29 is 13.2 Å². The lowest BCUT2D eigenvalue weighted by Crippen LogP contribution is -2.18. The summed E-state index contributed by atoms with van der Waals surface area (Å²) in [5, 5.41) is 12.3. The molecule has 0 amide bonds. The first-order valence-corrected chi connectivity index (χ1v) is 11.9. The molecule has 6 nitrogen and oxygen atoms in total. The molecule has 0 radical (unpaired) electrons. The fourth-order valence-electron chi connectivity index (χ4n) is 3.14. The van der Waals surface area contributed by atoms with Crippen LogP contribution in [0.2, 0.25) is 0 Å². The second-order valence-corrected chi connectivity index (χ2v) is 8.83. The maximum Gasteiger partial charge on any atom is 0.241 e. The topological polar surface area (TPSA) is 93.4 Å². The van der Waals surface area contributed by atoms with E-state index in [-0.39, 0.29) is 10.6 Å². The van der Waals surface area contributed by atoms with E-state index in [0.717, 1.165) is 30.5 Å². The molecule has 3 aromatic rings. The van der Waals surface area contributed by atoms with Crippen molar-refractivity contribution in [2.45, 2.75) is 37.8 Å². The average Bonchev–Trinajstić information content (AvgIpc) is 2.77. The molecule has 0 aromatic heterocycles. The van der Waals surface area contributed by atoms with Crippen LogP contribution in [-0.4, -0.2) is 15.0 Å². The van der Waals surface area contributed by atoms with Gasteiger partial charge in [0.25, 0.3) is 0 Å². The number of hydrogen-bond donors (Lipinski definition) is 3. The van der Waals surface area contributed by atoms with Crippen molar-refractivity contribution in [2.24, 2.45) is 5.14 Å². The second kappa shape index (κ2) is 10.9. The van der Waals surface area contributed by atoms with Crippen LogP contribution >= 0.6 is 0 Å². The molecule has 0 unspecified atom stereocenters. The Morgan fingerprint density at radius 1 is 0.903 bits per heavy atom. The third-order valence-electron chi connectivity index (χ3n) is 4.75. The fourth-order valence-corrected chi connectivity index (χ4v) is 3.87. The molecule has 0 saturated carbocycles. The van der Waals surface area contributed by atoms with E-state index in [0.29, 0.717) is 24.5 Å². The monoisotopic (exact) mass is 439 g/mol. The summed E-state index contributed by atoms with van der Waals surface area (Å²) in [7, 11) is -4.01. The highest BCUT2D eigenvalue weighted by molar-refractivity contribution is 7.89. The van der Waals surface area contributed by atoms with E-state index in [4.69, 9.17) is 9.88 Å². The number of benzene rings is 3. The average molecular weight is 440 g/mol. The van der Waals surface area contributed by atoms with Gasteiger partial charge in [-0.3, -0.25) is 0 Å². The molecule has 7 heteroatoms. The molecule has 164 valence electrons. The van der Waals surface area contributed by atoms with E-state index < -0.39 is 10.0 Å². The van der Waals surface area contributed by atoms with Gasteiger partial charge in [0.15, 0.2) is 5.75 Å². The van der Waals surface area contributed by atoms with Crippen LogP contribution in [0.4, 0.5) is 5.69 Å². The third-order valence-corrected chi connectivity index (χ3v) is 5.66. The SMILES string of the molecule is CCCCNCc1cc(NCc2ccccc2)c(Oc2ccccc2)c(S(N)(=O)=O)c1. The number of sulfonamides is 1. The van der Waals surface area contributed by atoms with E-state index >= 15 is 0 Å². The van der Waals surface area contributed by atoms with Crippen LogP contribution in [0.25, 0.3) is 0 Å². The minimum atomic E-state index is -4.01. The van der Waals surface area contributed by atoms with Gasteiger partial charge in [-0.1, -0.05) is 61.9 Å². The van der Waals surface area contributed by atoms with E-state index in [1.165, 1.54) is 0 Å². The number of nitrogens with two attached hydrogens (primary N) is 1. The quantitative estimate of drug-likeness (QED) is 0.379. The molecule has 0 bridgehead atoms. The molecule has 3 aromatic carbocycles. The van der Waals surface area contributed by atoms with Crippen LogP contribution in [0.1, 0.15) is 30.9 Å². The number of ether oxygens (including phenoxy) is 1. The number of unbranched alkanes of at least 4 members (excludes halogenated alkanes) is 1.